The fourth-order valence-electron chi connectivity index (χ4n) is 3.11. The van der Waals surface area contributed by atoms with Crippen LogP contribution in [-0.2, 0) is 14.4 Å². The van der Waals surface area contributed by atoms with E-state index in [2.05, 4.69) is 15.7 Å². The predicted molar refractivity (Wildman–Crippen MR) is 93.1 cm³/mol. The molecule has 2 atom stereocenters. The Morgan fingerprint density at radius 3 is 2.50 bits per heavy atom. The number of carbonyl (C=O) groups is 3. The van der Waals surface area contributed by atoms with E-state index in [-0.39, 0.29) is 17.9 Å². The van der Waals surface area contributed by atoms with Crippen molar-refractivity contribution < 1.29 is 23.2 Å². The van der Waals surface area contributed by atoms with Crippen LogP contribution in [0.1, 0.15) is 0 Å². The fourth-order valence-corrected chi connectivity index (χ4v) is 3.11. The molecule has 1 saturated heterocycles. The number of benzene rings is 2. The maximum atomic E-state index is 13.2. The molecule has 0 unspecified atom stereocenters. The minimum absolute atomic E-state index is 0.213. The summed E-state index contributed by atoms with van der Waals surface area (Å²) < 4.78 is 26.3. The van der Waals surface area contributed by atoms with Gasteiger partial charge in [0.25, 0.3) is 11.8 Å². The molecular weight excluding hydrogens is 372 g/mol. The molecule has 0 spiro atoms. The van der Waals surface area contributed by atoms with Crippen molar-refractivity contribution in [3.05, 3.63) is 60.2 Å². The molecule has 2 aliphatic rings. The second-order valence-corrected chi connectivity index (χ2v) is 6.24. The van der Waals surface area contributed by atoms with E-state index >= 15 is 0 Å². The normalized spacial score (nSPS) is 20.6. The van der Waals surface area contributed by atoms with Crippen molar-refractivity contribution >= 4 is 29.1 Å². The van der Waals surface area contributed by atoms with Crippen LogP contribution in [0.3, 0.4) is 0 Å². The van der Waals surface area contributed by atoms with Gasteiger partial charge in [0.1, 0.15) is 18.2 Å². The summed E-state index contributed by atoms with van der Waals surface area (Å²) in [6.07, 6.45) is 0. The van der Waals surface area contributed by atoms with Crippen LogP contribution in [0.5, 0.6) is 0 Å². The number of fused-ring (bicyclic) bond motifs is 1. The highest BCUT2D eigenvalue weighted by Crippen LogP contribution is 2.31. The van der Waals surface area contributed by atoms with Crippen molar-refractivity contribution in [2.24, 2.45) is 10.3 Å². The Bertz CT molecular complexity index is 995. The van der Waals surface area contributed by atoms with E-state index in [1.165, 1.54) is 30.3 Å². The molecule has 2 aliphatic heterocycles. The van der Waals surface area contributed by atoms with Gasteiger partial charge in [0.05, 0.1) is 5.69 Å². The van der Waals surface area contributed by atoms with E-state index in [0.717, 1.165) is 28.1 Å². The van der Waals surface area contributed by atoms with Gasteiger partial charge in [-0.25, -0.2) is 13.7 Å². The Labute approximate surface area is 157 Å². The fraction of sp³-hybridized carbons (Fsp3) is 0.167. The molecule has 2 aromatic carbocycles. The van der Waals surface area contributed by atoms with Gasteiger partial charge < -0.3 is 5.32 Å². The van der Waals surface area contributed by atoms with Crippen molar-refractivity contribution in [2.75, 3.05) is 16.8 Å². The highest BCUT2D eigenvalue weighted by Gasteiger charge is 2.55. The van der Waals surface area contributed by atoms with Crippen molar-refractivity contribution in [3.8, 4) is 0 Å². The van der Waals surface area contributed by atoms with E-state index in [4.69, 9.17) is 0 Å². The summed E-state index contributed by atoms with van der Waals surface area (Å²) in [4.78, 5) is 38.4. The lowest BCUT2D eigenvalue weighted by Gasteiger charge is -2.20. The Kier molecular flexibility index (Phi) is 4.30. The van der Waals surface area contributed by atoms with Crippen LogP contribution in [0.2, 0.25) is 0 Å². The van der Waals surface area contributed by atoms with Gasteiger partial charge in [-0.3, -0.25) is 19.4 Å². The zero-order chi connectivity index (χ0) is 19.8. The average Bonchev–Trinajstić information content (AvgIpc) is 3.16. The molecule has 1 N–H and O–H groups in total. The summed E-state index contributed by atoms with van der Waals surface area (Å²) in [5.74, 6) is -2.77. The minimum Gasteiger partial charge on any atom is -0.324 e. The average molecular weight is 385 g/mol. The van der Waals surface area contributed by atoms with Crippen molar-refractivity contribution in [3.63, 3.8) is 0 Å². The second kappa shape index (κ2) is 6.80. The molecule has 1 fully saturated rings. The first kappa shape index (κ1) is 17.7. The summed E-state index contributed by atoms with van der Waals surface area (Å²) >= 11 is 0. The summed E-state index contributed by atoms with van der Waals surface area (Å²) in [6.45, 7) is -0.350. The third kappa shape index (κ3) is 3.08. The maximum Gasteiger partial charge on any atom is 0.263 e. The van der Waals surface area contributed by atoms with Crippen LogP contribution in [0.25, 0.3) is 0 Å². The smallest absolute Gasteiger partial charge is 0.263 e. The Morgan fingerprint density at radius 1 is 1.04 bits per heavy atom. The number of nitrogens with one attached hydrogen (secondary N) is 1. The van der Waals surface area contributed by atoms with Gasteiger partial charge >= 0.3 is 0 Å². The minimum atomic E-state index is -1.07. The largest absolute Gasteiger partial charge is 0.324 e. The van der Waals surface area contributed by atoms with Crippen LogP contribution in [-0.4, -0.2) is 41.4 Å². The Hall–Kier alpha value is -3.69. The van der Waals surface area contributed by atoms with E-state index in [1.54, 1.807) is 0 Å². The number of imide groups is 1. The molecule has 142 valence electrons. The highest BCUT2D eigenvalue weighted by molar-refractivity contribution is 6.25. The van der Waals surface area contributed by atoms with Crippen molar-refractivity contribution in [1.82, 2.24) is 5.01 Å². The third-order valence-electron chi connectivity index (χ3n) is 4.36. The number of anilines is 2. The third-order valence-corrected chi connectivity index (χ3v) is 4.36. The summed E-state index contributed by atoms with van der Waals surface area (Å²) in [5, 5.41) is 11.2. The molecule has 0 saturated carbocycles. The van der Waals surface area contributed by atoms with Crippen LogP contribution in [0, 0.1) is 11.6 Å². The van der Waals surface area contributed by atoms with Crippen molar-refractivity contribution in [1.29, 1.82) is 0 Å². The van der Waals surface area contributed by atoms with E-state index in [9.17, 15) is 23.2 Å². The van der Waals surface area contributed by atoms with Gasteiger partial charge in [-0.1, -0.05) is 11.3 Å². The van der Waals surface area contributed by atoms with E-state index in [0.29, 0.717) is 0 Å². The SMILES string of the molecule is O=C(CN1N=N[C@@H]2C(=O)N(c3ccc(F)cc3)C(=O)[C@H]21)Nc1cccc(F)c1. The Morgan fingerprint density at radius 2 is 1.79 bits per heavy atom. The van der Waals surface area contributed by atoms with Gasteiger partial charge in [-0.15, -0.1) is 0 Å². The first-order valence-corrected chi connectivity index (χ1v) is 8.30. The zero-order valence-corrected chi connectivity index (χ0v) is 14.3. The zero-order valence-electron chi connectivity index (χ0n) is 14.3. The number of hydrogen-bond donors (Lipinski definition) is 1. The van der Waals surface area contributed by atoms with Gasteiger partial charge in [0, 0.05) is 5.69 Å². The number of rotatable bonds is 4. The van der Waals surface area contributed by atoms with Crippen LogP contribution < -0.4 is 10.2 Å². The van der Waals surface area contributed by atoms with E-state index in [1.807, 2.05) is 0 Å². The topological polar surface area (TPSA) is 94.4 Å². The lowest BCUT2D eigenvalue weighted by molar-refractivity contribution is -0.123. The van der Waals surface area contributed by atoms with Gasteiger partial charge in [0.15, 0.2) is 12.1 Å². The van der Waals surface area contributed by atoms with Crippen molar-refractivity contribution in [2.45, 2.75) is 12.1 Å². The van der Waals surface area contributed by atoms with E-state index < -0.39 is 41.4 Å². The van der Waals surface area contributed by atoms with Gasteiger partial charge in [-0.2, -0.15) is 5.11 Å². The first-order valence-electron chi connectivity index (χ1n) is 8.30. The molecule has 8 nitrogen and oxygen atoms in total. The summed E-state index contributed by atoms with van der Waals surface area (Å²) in [5.41, 5.74) is 0.463. The maximum absolute atomic E-state index is 13.2. The van der Waals surface area contributed by atoms with Crippen LogP contribution in [0.4, 0.5) is 20.2 Å². The number of halogens is 2. The monoisotopic (exact) mass is 385 g/mol. The molecule has 0 bridgehead atoms. The van der Waals surface area contributed by atoms with Crippen LogP contribution in [0.15, 0.2) is 58.9 Å². The quantitative estimate of drug-likeness (QED) is 0.814. The lowest BCUT2D eigenvalue weighted by atomic mass is 10.1. The molecule has 4 rings (SSSR count). The highest BCUT2D eigenvalue weighted by atomic mass is 19.1. The Balaban J connectivity index is 1.48. The molecule has 3 amide bonds. The van der Waals surface area contributed by atoms with Gasteiger partial charge in [0.2, 0.25) is 5.91 Å². The number of amides is 3. The molecule has 0 aromatic heterocycles. The molecule has 2 heterocycles. The lowest BCUT2D eigenvalue weighted by Crippen LogP contribution is -2.43. The number of hydrogen-bond acceptors (Lipinski definition) is 6. The summed E-state index contributed by atoms with van der Waals surface area (Å²) in [6, 6.07) is 8.09. The molecule has 28 heavy (non-hydrogen) atoms. The summed E-state index contributed by atoms with van der Waals surface area (Å²) in [7, 11) is 0. The molecular formula is C18H13F2N5O3. The number of nitrogens with zero attached hydrogens (tertiary/aromatic N) is 4. The first-order chi connectivity index (χ1) is 13.4. The number of carbonyl (C=O) groups excluding carboxylic acids is 3. The molecule has 0 radical (unpaired) electrons. The van der Waals surface area contributed by atoms with Crippen LogP contribution >= 0.6 is 0 Å². The molecule has 2 aromatic rings. The molecule has 0 aliphatic carbocycles. The molecule has 10 heteroatoms. The second-order valence-electron chi connectivity index (χ2n) is 6.24. The predicted octanol–water partition coefficient (Wildman–Crippen LogP) is 1.90. The van der Waals surface area contributed by atoms with Gasteiger partial charge in [-0.05, 0) is 42.5 Å². The standard InChI is InChI=1S/C18H13F2N5O3/c19-10-4-6-13(7-5-10)25-17(27)15-16(18(25)28)24(23-22-15)9-14(26)21-12-3-1-2-11(20)8-12/h1-8,15-16H,9H2,(H,21,26)/t15-,16-/m0/s1.